The Morgan fingerprint density at radius 3 is 2.38 bits per heavy atom. The molecule has 5 nitrogen and oxygen atoms in total. The van der Waals surface area contributed by atoms with Crippen LogP contribution in [0.15, 0.2) is 24.3 Å². The number of halogens is 3. The van der Waals surface area contributed by atoms with Gasteiger partial charge >= 0.3 is 12.4 Å². The average molecular weight is 305 g/mol. The Kier molecular flexibility index (Phi) is 6.29. The lowest BCUT2D eigenvalue weighted by molar-refractivity contribution is -0.274. The van der Waals surface area contributed by atoms with Crippen LogP contribution in [-0.4, -0.2) is 32.5 Å². The summed E-state index contributed by atoms with van der Waals surface area (Å²) in [5.41, 5.74) is 0.378. The molecule has 1 aromatic rings. The molecule has 3 N–H and O–H groups in total. The van der Waals surface area contributed by atoms with Crippen molar-refractivity contribution in [3.63, 3.8) is 0 Å². The first-order valence-electron chi connectivity index (χ1n) is 6.35. The van der Waals surface area contributed by atoms with Crippen molar-refractivity contribution in [3.8, 4) is 5.75 Å². The number of benzene rings is 1. The Balaban J connectivity index is 2.43. The first kappa shape index (κ1) is 17.1. The third-order valence-electron chi connectivity index (χ3n) is 2.51. The van der Waals surface area contributed by atoms with Crippen molar-refractivity contribution in [2.75, 3.05) is 25.5 Å². The molecular formula is C13H18F3N3O2. The van der Waals surface area contributed by atoms with Gasteiger partial charge in [-0.3, -0.25) is 0 Å². The number of nitrogens with one attached hydrogen (secondary N) is 3. The first-order chi connectivity index (χ1) is 9.80. The van der Waals surface area contributed by atoms with Gasteiger partial charge in [-0.05, 0) is 43.8 Å². The van der Waals surface area contributed by atoms with E-state index in [4.69, 9.17) is 0 Å². The molecule has 0 saturated heterocycles. The largest absolute Gasteiger partial charge is 0.573 e. The lowest BCUT2D eigenvalue weighted by Crippen LogP contribution is -2.35. The van der Waals surface area contributed by atoms with E-state index >= 15 is 0 Å². The summed E-state index contributed by atoms with van der Waals surface area (Å²) in [6.07, 6.45) is -4.73. The van der Waals surface area contributed by atoms with E-state index in [2.05, 4.69) is 20.7 Å². The van der Waals surface area contributed by atoms with E-state index in [0.717, 1.165) is 18.7 Å². The van der Waals surface area contributed by atoms with Gasteiger partial charge in [0, 0.05) is 12.2 Å². The van der Waals surface area contributed by atoms with Crippen molar-refractivity contribution in [1.29, 1.82) is 0 Å². The molecule has 0 bridgehead atoms. The molecule has 2 amide bonds. The van der Waals surface area contributed by atoms with E-state index in [1.165, 1.54) is 12.1 Å². The van der Waals surface area contributed by atoms with Gasteiger partial charge in [0.1, 0.15) is 5.75 Å². The Morgan fingerprint density at radius 2 is 1.86 bits per heavy atom. The molecule has 0 aliphatic heterocycles. The minimum absolute atomic E-state index is 0.267. The number of urea groups is 1. The topological polar surface area (TPSA) is 62.4 Å². The van der Waals surface area contributed by atoms with Crippen LogP contribution in [-0.2, 0) is 0 Å². The van der Waals surface area contributed by atoms with Gasteiger partial charge in [0.2, 0.25) is 0 Å². The number of ether oxygens (including phenoxy) is 1. The Morgan fingerprint density at radius 1 is 1.24 bits per heavy atom. The second kappa shape index (κ2) is 7.72. The third kappa shape index (κ3) is 7.40. The number of hydrogen-bond donors (Lipinski definition) is 3. The summed E-state index contributed by atoms with van der Waals surface area (Å²) < 4.78 is 39.7. The van der Waals surface area contributed by atoms with Gasteiger partial charge in [-0.15, -0.1) is 13.2 Å². The average Bonchev–Trinajstić information content (AvgIpc) is 2.37. The molecule has 0 heterocycles. The number of rotatable bonds is 6. The Bertz CT molecular complexity index is 449. The highest BCUT2D eigenvalue weighted by Gasteiger charge is 2.30. The van der Waals surface area contributed by atoms with E-state index in [-0.39, 0.29) is 11.7 Å². The fraction of sp³-hybridized carbons (Fsp3) is 0.462. The fourth-order valence-corrected chi connectivity index (χ4v) is 1.60. The van der Waals surface area contributed by atoms with Crippen LogP contribution in [0.5, 0.6) is 5.75 Å². The van der Waals surface area contributed by atoms with Crippen LogP contribution in [0, 0.1) is 5.92 Å². The molecule has 0 aliphatic rings. The van der Waals surface area contributed by atoms with Crippen LogP contribution >= 0.6 is 0 Å². The lowest BCUT2D eigenvalue weighted by atomic mass is 10.2. The second-order valence-corrected chi connectivity index (χ2v) is 4.57. The molecular weight excluding hydrogens is 287 g/mol. The maximum absolute atomic E-state index is 12.0. The van der Waals surface area contributed by atoms with Gasteiger partial charge in [-0.1, -0.05) is 6.92 Å². The Hall–Kier alpha value is -1.96. The smallest absolute Gasteiger partial charge is 0.406 e. The summed E-state index contributed by atoms with van der Waals surface area (Å²) in [6.45, 7) is 3.23. The number of amides is 2. The van der Waals surface area contributed by atoms with E-state index in [9.17, 15) is 18.0 Å². The van der Waals surface area contributed by atoms with Gasteiger partial charge in [0.05, 0.1) is 0 Å². The van der Waals surface area contributed by atoms with Gasteiger partial charge in [0.25, 0.3) is 0 Å². The summed E-state index contributed by atoms with van der Waals surface area (Å²) in [6, 6.07) is 4.51. The predicted octanol–water partition coefficient (Wildman–Crippen LogP) is 2.56. The maximum Gasteiger partial charge on any atom is 0.573 e. The van der Waals surface area contributed by atoms with Crippen molar-refractivity contribution in [1.82, 2.24) is 10.6 Å². The fourth-order valence-electron chi connectivity index (χ4n) is 1.60. The number of alkyl halides is 3. The Labute approximate surface area is 120 Å². The molecule has 8 heteroatoms. The molecule has 1 unspecified atom stereocenters. The van der Waals surface area contributed by atoms with Crippen molar-refractivity contribution in [3.05, 3.63) is 24.3 Å². The highest BCUT2D eigenvalue weighted by atomic mass is 19.4. The third-order valence-corrected chi connectivity index (χ3v) is 2.51. The number of hydrogen-bond acceptors (Lipinski definition) is 3. The van der Waals surface area contributed by atoms with Gasteiger partial charge in [0.15, 0.2) is 0 Å². The quantitative estimate of drug-likeness (QED) is 0.757. The zero-order chi connectivity index (χ0) is 15.9. The molecule has 1 atom stereocenters. The van der Waals surface area contributed by atoms with Crippen LogP contribution in [0.4, 0.5) is 23.7 Å². The van der Waals surface area contributed by atoms with Gasteiger partial charge in [-0.25, -0.2) is 4.79 Å². The monoisotopic (exact) mass is 305 g/mol. The second-order valence-electron chi connectivity index (χ2n) is 4.57. The van der Waals surface area contributed by atoms with Gasteiger partial charge in [-0.2, -0.15) is 0 Å². The standard InChI is InChI=1S/C13H18F3N3O2/c1-9(7-17-2)8-18-12(20)19-10-3-5-11(6-4-10)21-13(14,15)16/h3-6,9,17H,7-8H2,1-2H3,(H2,18,19,20). The van der Waals surface area contributed by atoms with Crippen LogP contribution < -0.4 is 20.7 Å². The maximum atomic E-state index is 12.0. The molecule has 1 aromatic carbocycles. The van der Waals surface area contributed by atoms with Crippen molar-refractivity contribution < 1.29 is 22.7 Å². The van der Waals surface area contributed by atoms with E-state index < -0.39 is 12.4 Å². The van der Waals surface area contributed by atoms with Crippen LogP contribution in [0.25, 0.3) is 0 Å². The highest BCUT2D eigenvalue weighted by molar-refractivity contribution is 5.89. The number of carbonyl (C=O) groups is 1. The number of carbonyl (C=O) groups excluding carboxylic acids is 1. The molecule has 0 aliphatic carbocycles. The summed E-state index contributed by atoms with van der Waals surface area (Å²) >= 11 is 0. The zero-order valence-corrected chi connectivity index (χ0v) is 11.8. The van der Waals surface area contributed by atoms with Crippen LogP contribution in [0.2, 0.25) is 0 Å². The minimum atomic E-state index is -4.73. The normalized spacial score (nSPS) is 12.6. The van der Waals surface area contributed by atoms with Crippen molar-refractivity contribution >= 4 is 11.7 Å². The molecule has 0 aromatic heterocycles. The van der Waals surface area contributed by atoms with Crippen LogP contribution in [0.3, 0.4) is 0 Å². The first-order valence-corrected chi connectivity index (χ1v) is 6.35. The molecule has 0 radical (unpaired) electrons. The number of anilines is 1. The molecule has 0 spiro atoms. The van der Waals surface area contributed by atoms with E-state index in [0.29, 0.717) is 12.2 Å². The van der Waals surface area contributed by atoms with E-state index in [1.807, 2.05) is 14.0 Å². The van der Waals surface area contributed by atoms with Crippen molar-refractivity contribution in [2.24, 2.45) is 5.92 Å². The summed E-state index contributed by atoms with van der Waals surface area (Å²) in [5.74, 6) is -0.0700. The molecule has 1 rings (SSSR count). The van der Waals surface area contributed by atoms with Crippen molar-refractivity contribution in [2.45, 2.75) is 13.3 Å². The van der Waals surface area contributed by atoms with Crippen LogP contribution in [0.1, 0.15) is 6.92 Å². The molecule has 0 fully saturated rings. The highest BCUT2D eigenvalue weighted by Crippen LogP contribution is 2.23. The SMILES string of the molecule is CNCC(C)CNC(=O)Nc1ccc(OC(F)(F)F)cc1. The summed E-state index contributed by atoms with van der Waals surface area (Å²) in [4.78, 5) is 11.6. The molecule has 21 heavy (non-hydrogen) atoms. The lowest BCUT2D eigenvalue weighted by Gasteiger charge is -2.13. The summed E-state index contributed by atoms with van der Waals surface area (Å²) in [7, 11) is 1.82. The minimum Gasteiger partial charge on any atom is -0.406 e. The molecule has 0 saturated carbocycles. The van der Waals surface area contributed by atoms with Gasteiger partial charge < -0.3 is 20.7 Å². The molecule has 118 valence electrons. The predicted molar refractivity (Wildman–Crippen MR) is 73.2 cm³/mol. The zero-order valence-electron chi connectivity index (χ0n) is 11.8. The van der Waals surface area contributed by atoms with E-state index in [1.54, 1.807) is 0 Å². The summed E-state index contributed by atoms with van der Waals surface area (Å²) in [5, 5.41) is 8.18.